The van der Waals surface area contributed by atoms with Gasteiger partial charge < -0.3 is 14.5 Å². The van der Waals surface area contributed by atoms with Crippen molar-refractivity contribution in [2.75, 3.05) is 33.2 Å². The van der Waals surface area contributed by atoms with Crippen LogP contribution in [0.25, 0.3) is 0 Å². The van der Waals surface area contributed by atoms with Crippen LogP contribution in [0.5, 0.6) is 11.6 Å². The molecule has 6 nitrogen and oxygen atoms in total. The SMILES string of the molecule is Cc1cnc2c(n1)Oc1ccccc1N=C2N1CCN(C)CC1. The van der Waals surface area contributed by atoms with Crippen LogP contribution in [0.3, 0.4) is 0 Å². The van der Waals surface area contributed by atoms with Crippen LogP contribution in [0, 0.1) is 6.92 Å². The second-order valence-corrected chi connectivity index (χ2v) is 5.96. The van der Waals surface area contributed by atoms with Crippen molar-refractivity contribution in [3.05, 3.63) is 41.9 Å². The maximum Gasteiger partial charge on any atom is 0.249 e. The summed E-state index contributed by atoms with van der Waals surface area (Å²) in [5, 5.41) is 0. The van der Waals surface area contributed by atoms with Crippen LogP contribution in [0.15, 0.2) is 35.5 Å². The van der Waals surface area contributed by atoms with E-state index >= 15 is 0 Å². The van der Waals surface area contributed by atoms with Crippen molar-refractivity contribution >= 4 is 11.5 Å². The molecule has 2 aliphatic heterocycles. The molecule has 2 aromatic rings. The smallest absolute Gasteiger partial charge is 0.249 e. The van der Waals surface area contributed by atoms with Crippen LogP contribution in [0.2, 0.25) is 0 Å². The van der Waals surface area contributed by atoms with Gasteiger partial charge in [-0.25, -0.2) is 15.0 Å². The average molecular weight is 309 g/mol. The van der Waals surface area contributed by atoms with E-state index in [0.717, 1.165) is 54.8 Å². The van der Waals surface area contributed by atoms with E-state index in [9.17, 15) is 0 Å². The molecular formula is C17H19N5O. The first-order valence-corrected chi connectivity index (χ1v) is 7.84. The molecular weight excluding hydrogens is 290 g/mol. The largest absolute Gasteiger partial charge is 0.435 e. The molecule has 0 N–H and O–H groups in total. The number of amidine groups is 1. The zero-order chi connectivity index (χ0) is 15.8. The first-order valence-electron chi connectivity index (χ1n) is 7.84. The summed E-state index contributed by atoms with van der Waals surface area (Å²) in [6.45, 7) is 5.78. The molecule has 0 radical (unpaired) electrons. The number of ether oxygens (including phenoxy) is 1. The molecule has 23 heavy (non-hydrogen) atoms. The summed E-state index contributed by atoms with van der Waals surface area (Å²) in [5.74, 6) is 2.11. The Balaban J connectivity index is 1.83. The van der Waals surface area contributed by atoms with Crippen LogP contribution >= 0.6 is 0 Å². The third-order valence-corrected chi connectivity index (χ3v) is 4.17. The fourth-order valence-corrected chi connectivity index (χ4v) is 2.83. The number of aryl methyl sites for hydroxylation is 1. The molecule has 1 saturated heterocycles. The van der Waals surface area contributed by atoms with Crippen molar-refractivity contribution in [2.24, 2.45) is 4.99 Å². The van der Waals surface area contributed by atoms with Gasteiger partial charge in [0.25, 0.3) is 0 Å². The average Bonchev–Trinajstić information content (AvgIpc) is 2.71. The fourth-order valence-electron chi connectivity index (χ4n) is 2.83. The lowest BCUT2D eigenvalue weighted by atomic mass is 10.2. The number of aromatic nitrogens is 2. The third-order valence-electron chi connectivity index (χ3n) is 4.17. The quantitative estimate of drug-likeness (QED) is 0.747. The molecule has 0 amide bonds. The Kier molecular flexibility index (Phi) is 3.46. The molecule has 0 unspecified atom stereocenters. The lowest BCUT2D eigenvalue weighted by Crippen LogP contribution is -2.47. The number of para-hydroxylation sites is 2. The molecule has 1 fully saturated rings. The van der Waals surface area contributed by atoms with Gasteiger partial charge in [0, 0.05) is 32.4 Å². The van der Waals surface area contributed by atoms with E-state index in [2.05, 4.69) is 26.8 Å². The number of fused-ring (bicyclic) bond motifs is 2. The summed E-state index contributed by atoms with van der Waals surface area (Å²) in [6.07, 6.45) is 1.77. The van der Waals surface area contributed by atoms with Crippen molar-refractivity contribution < 1.29 is 4.74 Å². The second kappa shape index (κ2) is 5.62. The normalized spacial score (nSPS) is 17.7. The highest BCUT2D eigenvalue weighted by atomic mass is 16.5. The Bertz CT molecular complexity index is 765. The topological polar surface area (TPSA) is 53.9 Å². The highest BCUT2D eigenvalue weighted by Crippen LogP contribution is 2.36. The van der Waals surface area contributed by atoms with Crippen LogP contribution in [-0.4, -0.2) is 58.8 Å². The minimum absolute atomic E-state index is 0.535. The van der Waals surface area contributed by atoms with Crippen molar-refractivity contribution in [2.45, 2.75) is 6.92 Å². The predicted octanol–water partition coefficient (Wildman–Crippen LogP) is 2.22. The highest BCUT2D eigenvalue weighted by molar-refractivity contribution is 6.01. The summed E-state index contributed by atoms with van der Waals surface area (Å²) in [7, 11) is 2.14. The molecule has 0 aliphatic carbocycles. The fraction of sp³-hybridized carbons (Fsp3) is 0.353. The molecule has 0 atom stereocenters. The maximum atomic E-state index is 6.00. The number of hydrogen-bond acceptors (Lipinski definition) is 6. The van der Waals surface area contributed by atoms with Gasteiger partial charge in [-0.3, -0.25) is 0 Å². The molecule has 2 aliphatic rings. The standard InChI is InChI=1S/C17H19N5O/c1-12-11-18-15-16(22-9-7-21(2)8-10-22)20-13-5-3-4-6-14(13)23-17(15)19-12/h3-6,11H,7-10H2,1-2H3. The van der Waals surface area contributed by atoms with Crippen LogP contribution in [0.1, 0.15) is 11.4 Å². The minimum Gasteiger partial charge on any atom is -0.435 e. The number of aliphatic imine (C=N–C) groups is 1. The molecule has 1 aromatic heterocycles. The maximum absolute atomic E-state index is 6.00. The van der Waals surface area contributed by atoms with Crippen LogP contribution in [-0.2, 0) is 0 Å². The van der Waals surface area contributed by atoms with Gasteiger partial charge in [0.15, 0.2) is 17.3 Å². The van der Waals surface area contributed by atoms with Gasteiger partial charge in [0.1, 0.15) is 5.69 Å². The molecule has 1 aromatic carbocycles. The molecule has 0 spiro atoms. The van der Waals surface area contributed by atoms with E-state index in [1.165, 1.54) is 0 Å². The second-order valence-electron chi connectivity index (χ2n) is 5.96. The van der Waals surface area contributed by atoms with Gasteiger partial charge >= 0.3 is 0 Å². The number of benzene rings is 1. The van der Waals surface area contributed by atoms with E-state index in [1.807, 2.05) is 31.2 Å². The molecule has 0 saturated carbocycles. The zero-order valence-electron chi connectivity index (χ0n) is 13.4. The van der Waals surface area contributed by atoms with Gasteiger partial charge in [0.05, 0.1) is 5.69 Å². The summed E-state index contributed by atoms with van der Waals surface area (Å²) >= 11 is 0. The first-order chi connectivity index (χ1) is 11.2. The number of piperazine rings is 1. The monoisotopic (exact) mass is 309 g/mol. The number of nitrogens with zero attached hydrogens (tertiary/aromatic N) is 5. The summed E-state index contributed by atoms with van der Waals surface area (Å²) in [4.78, 5) is 18.5. The molecule has 0 bridgehead atoms. The van der Waals surface area contributed by atoms with Gasteiger partial charge in [-0.1, -0.05) is 12.1 Å². The Morgan fingerprint density at radius 3 is 2.70 bits per heavy atom. The van der Waals surface area contributed by atoms with Gasteiger partial charge in [-0.2, -0.15) is 0 Å². The summed E-state index contributed by atoms with van der Waals surface area (Å²) in [6, 6.07) is 7.79. The van der Waals surface area contributed by atoms with Crippen LogP contribution in [0.4, 0.5) is 5.69 Å². The Morgan fingerprint density at radius 1 is 1.09 bits per heavy atom. The van der Waals surface area contributed by atoms with Gasteiger partial charge in [-0.15, -0.1) is 0 Å². The van der Waals surface area contributed by atoms with Crippen molar-refractivity contribution in [3.8, 4) is 11.6 Å². The highest BCUT2D eigenvalue weighted by Gasteiger charge is 2.27. The summed E-state index contributed by atoms with van der Waals surface area (Å²) in [5.41, 5.74) is 2.37. The van der Waals surface area contributed by atoms with E-state index in [4.69, 9.17) is 9.73 Å². The Labute approximate surface area is 135 Å². The van der Waals surface area contributed by atoms with Gasteiger partial charge in [-0.05, 0) is 26.1 Å². The van der Waals surface area contributed by atoms with Gasteiger partial charge in [0.2, 0.25) is 5.88 Å². The van der Waals surface area contributed by atoms with Crippen molar-refractivity contribution in [1.29, 1.82) is 0 Å². The molecule has 4 rings (SSSR count). The Morgan fingerprint density at radius 2 is 1.87 bits per heavy atom. The molecule has 118 valence electrons. The third kappa shape index (κ3) is 2.66. The Hall–Kier alpha value is -2.47. The molecule has 6 heteroatoms. The predicted molar refractivity (Wildman–Crippen MR) is 88.6 cm³/mol. The minimum atomic E-state index is 0.535. The lowest BCUT2D eigenvalue weighted by molar-refractivity contribution is 0.215. The van der Waals surface area contributed by atoms with E-state index in [-0.39, 0.29) is 0 Å². The van der Waals surface area contributed by atoms with Crippen molar-refractivity contribution in [3.63, 3.8) is 0 Å². The summed E-state index contributed by atoms with van der Waals surface area (Å²) < 4.78 is 6.00. The van der Waals surface area contributed by atoms with Crippen molar-refractivity contribution in [1.82, 2.24) is 19.8 Å². The first kappa shape index (κ1) is 14.1. The lowest BCUT2D eigenvalue weighted by Gasteiger charge is -2.34. The molecule has 3 heterocycles. The number of likely N-dealkylation sites (N-methyl/N-ethyl adjacent to an activating group) is 1. The van der Waals surface area contributed by atoms with E-state index < -0.39 is 0 Å². The number of rotatable bonds is 0. The van der Waals surface area contributed by atoms with E-state index in [0.29, 0.717) is 5.88 Å². The van der Waals surface area contributed by atoms with Crippen LogP contribution < -0.4 is 4.74 Å². The van der Waals surface area contributed by atoms with E-state index in [1.54, 1.807) is 6.20 Å². The number of hydrogen-bond donors (Lipinski definition) is 0. The zero-order valence-corrected chi connectivity index (χ0v) is 13.4.